The molecule has 0 amide bonds. The van der Waals surface area contributed by atoms with Crippen LogP contribution in [-0.4, -0.2) is 86.3 Å². The second-order valence-electron chi connectivity index (χ2n) is 5.21. The molecule has 0 saturated carbocycles. The Morgan fingerprint density at radius 3 is 2.10 bits per heavy atom. The van der Waals surface area contributed by atoms with E-state index < -0.39 is 0 Å². The lowest BCUT2D eigenvalue weighted by Crippen LogP contribution is -3.00. The standard InChI is InChI=1S/C13H24N3O3.ClH/c1-2-4-16(3-1)19-13(14-5-9-17-10-6-14)15-7-11-18-12-8-15;/h1-12H2;1H/q+1;/p-1. The topological polar surface area (TPSA) is 37.2 Å². The van der Waals surface area contributed by atoms with Crippen LogP contribution >= 0.6 is 0 Å². The van der Waals surface area contributed by atoms with Crippen LogP contribution in [-0.2, 0) is 14.3 Å². The van der Waals surface area contributed by atoms with Gasteiger partial charge in [0, 0.05) is 13.1 Å². The highest BCUT2D eigenvalue weighted by atomic mass is 35.5. The molecular weight excluding hydrogens is 282 g/mol. The summed E-state index contributed by atoms with van der Waals surface area (Å²) >= 11 is 0. The van der Waals surface area contributed by atoms with E-state index in [1.54, 1.807) is 0 Å². The molecule has 3 aliphatic heterocycles. The molecule has 20 heavy (non-hydrogen) atoms. The van der Waals surface area contributed by atoms with Crippen molar-refractivity contribution in [3.8, 4) is 0 Å². The Balaban J connectivity index is 0.00000147. The summed E-state index contributed by atoms with van der Waals surface area (Å²) in [6, 6.07) is 1.01. The van der Waals surface area contributed by atoms with E-state index in [0.717, 1.165) is 71.7 Å². The average Bonchev–Trinajstić information content (AvgIpc) is 3.00. The van der Waals surface area contributed by atoms with Gasteiger partial charge in [-0.3, -0.25) is 0 Å². The van der Waals surface area contributed by atoms with E-state index in [4.69, 9.17) is 14.3 Å². The van der Waals surface area contributed by atoms with Gasteiger partial charge in [0.15, 0.2) is 0 Å². The van der Waals surface area contributed by atoms with Crippen molar-refractivity contribution in [2.45, 2.75) is 12.8 Å². The van der Waals surface area contributed by atoms with E-state index >= 15 is 0 Å². The third-order valence-corrected chi connectivity index (χ3v) is 3.84. The van der Waals surface area contributed by atoms with Crippen LogP contribution in [0.25, 0.3) is 0 Å². The van der Waals surface area contributed by atoms with Gasteiger partial charge in [0.05, 0.1) is 26.4 Å². The Morgan fingerprint density at radius 1 is 0.850 bits per heavy atom. The molecule has 3 rings (SSSR count). The molecule has 0 radical (unpaired) electrons. The summed E-state index contributed by atoms with van der Waals surface area (Å²) < 4.78 is 13.2. The maximum atomic E-state index is 6.18. The smallest absolute Gasteiger partial charge is 0.466 e. The zero-order valence-electron chi connectivity index (χ0n) is 11.9. The number of rotatable bonds is 1. The van der Waals surface area contributed by atoms with E-state index in [1.807, 2.05) is 0 Å². The maximum absolute atomic E-state index is 6.18. The third kappa shape index (κ3) is 3.97. The minimum absolute atomic E-state index is 0. The van der Waals surface area contributed by atoms with Crippen molar-refractivity contribution in [3.05, 3.63) is 0 Å². The Kier molecular flexibility index (Phi) is 6.35. The Bertz CT molecular complexity index is 321. The van der Waals surface area contributed by atoms with Crippen LogP contribution in [0.3, 0.4) is 0 Å². The Hall–Kier alpha value is -0.560. The van der Waals surface area contributed by atoms with Crippen molar-refractivity contribution in [2.24, 2.45) is 0 Å². The molecule has 116 valence electrons. The van der Waals surface area contributed by atoms with E-state index in [2.05, 4.69) is 14.5 Å². The van der Waals surface area contributed by atoms with Gasteiger partial charge in [-0.15, -0.1) is 5.06 Å². The molecule has 0 unspecified atom stereocenters. The minimum Gasteiger partial charge on any atom is -1.00 e. The predicted octanol–water partition coefficient (Wildman–Crippen LogP) is -3.25. The zero-order chi connectivity index (χ0) is 12.9. The van der Waals surface area contributed by atoms with Crippen molar-refractivity contribution in [1.82, 2.24) is 9.96 Å². The fraction of sp³-hybridized carbons (Fsp3) is 0.923. The summed E-state index contributed by atoms with van der Waals surface area (Å²) in [5.74, 6) is 0. The van der Waals surface area contributed by atoms with Crippen LogP contribution in [0.5, 0.6) is 0 Å². The Labute approximate surface area is 126 Å². The van der Waals surface area contributed by atoms with Crippen molar-refractivity contribution < 1.29 is 31.3 Å². The molecule has 0 aliphatic carbocycles. The number of hydrogen-bond donors (Lipinski definition) is 0. The van der Waals surface area contributed by atoms with E-state index in [9.17, 15) is 0 Å². The van der Waals surface area contributed by atoms with Gasteiger partial charge in [0.2, 0.25) is 0 Å². The van der Waals surface area contributed by atoms with Gasteiger partial charge < -0.3 is 26.7 Å². The van der Waals surface area contributed by atoms with E-state index in [1.165, 1.54) is 12.8 Å². The molecule has 0 aromatic rings. The van der Waals surface area contributed by atoms with Gasteiger partial charge in [-0.25, -0.2) is 9.48 Å². The first kappa shape index (κ1) is 15.8. The van der Waals surface area contributed by atoms with Gasteiger partial charge in [-0.2, -0.15) is 0 Å². The summed E-state index contributed by atoms with van der Waals surface area (Å²) in [6.07, 6.45) is 2.47. The summed E-state index contributed by atoms with van der Waals surface area (Å²) in [6.45, 7) is 8.90. The quantitative estimate of drug-likeness (QED) is 0.376. The molecule has 6 nitrogen and oxygen atoms in total. The fourth-order valence-electron chi connectivity index (χ4n) is 2.72. The average molecular weight is 306 g/mol. The number of ether oxygens (including phenoxy) is 2. The van der Waals surface area contributed by atoms with Crippen molar-refractivity contribution >= 4 is 6.02 Å². The van der Waals surface area contributed by atoms with Gasteiger partial charge in [0.1, 0.15) is 26.2 Å². The normalized spacial score (nSPS) is 24.4. The second-order valence-corrected chi connectivity index (χ2v) is 5.21. The lowest BCUT2D eigenvalue weighted by atomic mass is 10.4. The van der Waals surface area contributed by atoms with Gasteiger partial charge >= 0.3 is 6.02 Å². The number of hydroxylamine groups is 2. The molecule has 0 N–H and O–H groups in total. The molecule has 3 saturated heterocycles. The minimum atomic E-state index is 0. The van der Waals surface area contributed by atoms with E-state index in [-0.39, 0.29) is 12.4 Å². The highest BCUT2D eigenvalue weighted by Crippen LogP contribution is 2.11. The highest BCUT2D eigenvalue weighted by Gasteiger charge is 2.31. The number of nitrogens with zero attached hydrogens (tertiary/aromatic N) is 3. The molecule has 0 aromatic carbocycles. The van der Waals surface area contributed by atoms with Crippen LogP contribution in [0.1, 0.15) is 12.8 Å². The SMILES string of the molecule is C1CCN(OC(N2CCOCC2)=[N+]2CCOCC2)C1.[Cl-]. The van der Waals surface area contributed by atoms with Crippen molar-refractivity contribution in [1.29, 1.82) is 0 Å². The van der Waals surface area contributed by atoms with Crippen molar-refractivity contribution in [2.75, 3.05) is 65.7 Å². The van der Waals surface area contributed by atoms with Crippen molar-refractivity contribution in [3.63, 3.8) is 0 Å². The third-order valence-electron chi connectivity index (χ3n) is 3.84. The zero-order valence-corrected chi connectivity index (χ0v) is 12.7. The molecule has 3 aliphatic rings. The first-order chi connectivity index (χ1) is 9.43. The number of morpholine rings is 2. The summed E-state index contributed by atoms with van der Waals surface area (Å²) in [7, 11) is 0. The summed E-state index contributed by atoms with van der Waals surface area (Å²) in [5, 5.41) is 2.10. The highest BCUT2D eigenvalue weighted by molar-refractivity contribution is 5.68. The largest absolute Gasteiger partial charge is 1.00 e. The monoisotopic (exact) mass is 305 g/mol. The lowest BCUT2D eigenvalue weighted by molar-refractivity contribution is -0.565. The van der Waals surface area contributed by atoms with Crippen LogP contribution in [0.4, 0.5) is 0 Å². The first-order valence-corrected chi connectivity index (χ1v) is 7.39. The molecule has 3 fully saturated rings. The summed E-state index contributed by atoms with van der Waals surface area (Å²) in [5.41, 5.74) is 0. The van der Waals surface area contributed by atoms with Crippen LogP contribution < -0.4 is 12.4 Å². The maximum Gasteiger partial charge on any atom is 0.466 e. The molecule has 0 atom stereocenters. The van der Waals surface area contributed by atoms with Crippen LogP contribution in [0.15, 0.2) is 0 Å². The number of hydrogen-bond acceptors (Lipinski definition) is 4. The molecule has 3 heterocycles. The number of amidine groups is 1. The molecule has 7 heteroatoms. The van der Waals surface area contributed by atoms with E-state index in [0.29, 0.717) is 0 Å². The summed E-state index contributed by atoms with van der Waals surface area (Å²) in [4.78, 5) is 8.49. The predicted molar refractivity (Wildman–Crippen MR) is 70.1 cm³/mol. The van der Waals surface area contributed by atoms with Gasteiger partial charge in [0.25, 0.3) is 0 Å². The Morgan fingerprint density at radius 2 is 1.45 bits per heavy atom. The van der Waals surface area contributed by atoms with Crippen LogP contribution in [0.2, 0.25) is 0 Å². The van der Waals surface area contributed by atoms with Gasteiger partial charge in [-0.1, -0.05) is 0 Å². The molecule has 0 bridgehead atoms. The molecular formula is C13H24ClN3O3. The second kappa shape index (κ2) is 8.02. The molecule has 0 spiro atoms. The van der Waals surface area contributed by atoms with Crippen LogP contribution in [0, 0.1) is 0 Å². The first-order valence-electron chi connectivity index (χ1n) is 7.39. The lowest BCUT2D eigenvalue weighted by Gasteiger charge is -2.28. The molecule has 0 aromatic heterocycles. The number of halogens is 1. The fourth-order valence-corrected chi connectivity index (χ4v) is 2.72. The van der Waals surface area contributed by atoms with Gasteiger partial charge in [-0.05, 0) is 12.8 Å².